The first-order chi connectivity index (χ1) is 26.7. The normalized spacial score (nSPS) is 26.2. The highest BCUT2D eigenvalue weighted by atomic mass is 32.2. The van der Waals surface area contributed by atoms with Gasteiger partial charge in [0.1, 0.15) is 46.9 Å². The second-order valence-electron chi connectivity index (χ2n) is 15.8. The van der Waals surface area contributed by atoms with Crippen LogP contribution in [0.5, 0.6) is 11.5 Å². The highest BCUT2D eigenvalue weighted by molar-refractivity contribution is 7.90. The summed E-state index contributed by atoms with van der Waals surface area (Å²) in [6.45, 7) is 5.13. The van der Waals surface area contributed by atoms with E-state index >= 15 is 0 Å². The monoisotopic (exact) mass is 785 g/mol. The van der Waals surface area contributed by atoms with Gasteiger partial charge < -0.3 is 29.7 Å². The second kappa shape index (κ2) is 15.4. The van der Waals surface area contributed by atoms with Crippen molar-refractivity contribution in [3.63, 3.8) is 0 Å². The van der Waals surface area contributed by atoms with Crippen LogP contribution in [0.15, 0.2) is 72.3 Å². The zero-order valence-electron chi connectivity index (χ0n) is 31.9. The van der Waals surface area contributed by atoms with Crippen LogP contribution in [0, 0.1) is 5.92 Å². The molecule has 2 aliphatic heterocycles. The third-order valence-electron chi connectivity index (χ3n) is 10.4. The van der Waals surface area contributed by atoms with Crippen molar-refractivity contribution in [3.8, 4) is 22.8 Å². The van der Waals surface area contributed by atoms with Crippen LogP contribution >= 0.6 is 0 Å². The van der Waals surface area contributed by atoms with Crippen molar-refractivity contribution in [1.82, 2.24) is 25.2 Å². The molecule has 2 aromatic carbocycles. The minimum absolute atomic E-state index is 0.0173. The number of amides is 3. The minimum atomic E-state index is -3.90. The minimum Gasteiger partial charge on any atom is -0.497 e. The molecule has 0 unspecified atom stereocenters. The van der Waals surface area contributed by atoms with E-state index < -0.39 is 68.6 Å². The molecular weight excluding hydrogens is 739 g/mol. The summed E-state index contributed by atoms with van der Waals surface area (Å²) in [6.07, 6.45) is 5.00. The summed E-state index contributed by atoms with van der Waals surface area (Å²) < 4.78 is 46.9. The standard InChI is InChI=1S/C41H47N5O9S/c1-40(2,3)55-39(50)43-32-15-11-6-5-10-14-30-31(24-47)41(30,45-56(51,52)28-17-18-28)44-37(48)35-21-27(23-46(35)38(32)49)54-36-22-33(25-12-8-7-9-13-25)42-34-20-26(53-4)16-19-29(34)36/h7-10,12-14,16,19-20,22,27-28,30,32,35,45H,5-6,11,15,17-18,21,23H2,1-4H3,(H,43,50)(H,44,48)/b14-10-/t27-,30+,32+,35+,41-/m1/s1. The molecule has 1 aromatic heterocycles. The van der Waals surface area contributed by atoms with Crippen LogP contribution in [-0.2, 0) is 29.1 Å². The molecule has 0 spiro atoms. The van der Waals surface area contributed by atoms with Crippen LogP contribution in [0.25, 0.3) is 22.2 Å². The Morgan fingerprint density at radius 3 is 2.52 bits per heavy atom. The molecular formula is C41H47N5O9S. The molecule has 3 N–H and O–H groups in total. The number of pyridine rings is 1. The molecule has 3 amide bonds. The molecule has 14 nitrogen and oxygen atoms in total. The number of hydrogen-bond donors (Lipinski definition) is 3. The molecule has 15 heteroatoms. The molecule has 2 aliphatic carbocycles. The van der Waals surface area contributed by atoms with Gasteiger partial charge >= 0.3 is 6.09 Å². The number of carbonyl (C=O) groups excluding carboxylic acids is 4. The summed E-state index contributed by atoms with van der Waals surface area (Å²) in [7, 11) is -2.33. The van der Waals surface area contributed by atoms with Crippen molar-refractivity contribution < 1.29 is 41.8 Å². The maximum atomic E-state index is 14.6. The lowest BCUT2D eigenvalue weighted by molar-refractivity contribution is -0.140. The number of methoxy groups -OCH3 is 1. The summed E-state index contributed by atoms with van der Waals surface area (Å²) >= 11 is 0. The fraction of sp³-hybridized carbons (Fsp3) is 0.463. The first-order valence-corrected chi connectivity index (χ1v) is 20.5. The average Bonchev–Trinajstić information content (AvgIpc) is 4.06. The first-order valence-electron chi connectivity index (χ1n) is 19.0. The highest BCUT2D eigenvalue weighted by Gasteiger charge is 2.65. The van der Waals surface area contributed by atoms with E-state index in [1.54, 1.807) is 46.1 Å². The molecule has 0 bridgehead atoms. The maximum absolute atomic E-state index is 14.6. The Bertz CT molecular complexity index is 2210. The third kappa shape index (κ3) is 8.30. The van der Waals surface area contributed by atoms with Gasteiger partial charge in [-0.05, 0) is 65.0 Å². The number of rotatable bonds is 8. The number of allylic oxidation sites excluding steroid dienone is 1. The zero-order chi connectivity index (χ0) is 39.8. The maximum Gasteiger partial charge on any atom is 0.408 e. The molecule has 7 rings (SSSR count). The topological polar surface area (TPSA) is 182 Å². The number of aromatic nitrogens is 1. The van der Waals surface area contributed by atoms with Gasteiger partial charge in [-0.15, -0.1) is 0 Å². The van der Waals surface area contributed by atoms with Crippen LogP contribution in [0.1, 0.15) is 65.7 Å². The van der Waals surface area contributed by atoms with Crippen molar-refractivity contribution >= 4 is 44.8 Å². The summed E-state index contributed by atoms with van der Waals surface area (Å²) in [5, 5.41) is 5.63. The van der Waals surface area contributed by atoms with Crippen molar-refractivity contribution in [2.24, 2.45) is 5.92 Å². The number of hydrogen-bond acceptors (Lipinski definition) is 10. The van der Waals surface area contributed by atoms with Crippen molar-refractivity contribution in [1.29, 1.82) is 0 Å². The Morgan fingerprint density at radius 1 is 1.05 bits per heavy atom. The number of nitrogens with one attached hydrogen (secondary N) is 3. The summed E-state index contributed by atoms with van der Waals surface area (Å²) in [5.74, 6) is 0.984. The van der Waals surface area contributed by atoms with E-state index in [1.165, 1.54) is 4.90 Å². The second-order valence-corrected chi connectivity index (χ2v) is 17.7. The van der Waals surface area contributed by atoms with Crippen molar-refractivity contribution in [3.05, 3.63) is 72.3 Å². The third-order valence-corrected chi connectivity index (χ3v) is 12.4. The Hall–Kier alpha value is -5.24. The SMILES string of the molecule is COc1ccc2c(O[C@@H]3C[C@H]4C(=O)N[C@]5(NS(=O)(=O)C6CC6)C(=C=O)[C@@H]5/C=C\CCCC[C@H](NC(=O)OC(C)(C)C)C(=O)N4C3)cc(-c3ccccc3)nc2c1. The largest absolute Gasteiger partial charge is 0.497 e. The molecule has 0 radical (unpaired) electrons. The Kier molecular flexibility index (Phi) is 10.7. The van der Waals surface area contributed by atoms with E-state index in [1.807, 2.05) is 54.5 Å². The molecule has 3 heterocycles. The molecule has 3 aromatic rings. The van der Waals surface area contributed by atoms with Gasteiger partial charge in [-0.25, -0.2) is 23.0 Å². The van der Waals surface area contributed by atoms with E-state index in [0.717, 1.165) is 5.56 Å². The molecule has 3 fully saturated rings. The lowest BCUT2D eigenvalue weighted by Gasteiger charge is -2.30. The fourth-order valence-corrected chi connectivity index (χ4v) is 9.11. The van der Waals surface area contributed by atoms with Gasteiger partial charge in [0.15, 0.2) is 0 Å². The quantitative estimate of drug-likeness (QED) is 0.216. The van der Waals surface area contributed by atoms with E-state index in [0.29, 0.717) is 60.2 Å². The lowest BCUT2D eigenvalue weighted by Crippen LogP contribution is -2.59. The summed E-state index contributed by atoms with van der Waals surface area (Å²) in [5.41, 5.74) is -0.396. The van der Waals surface area contributed by atoms with Crippen LogP contribution in [0.2, 0.25) is 0 Å². The molecule has 2 saturated carbocycles. The molecule has 4 aliphatic rings. The Balaban J connectivity index is 1.25. The number of alkyl carbamates (subject to hydrolysis) is 1. The van der Waals surface area contributed by atoms with Crippen LogP contribution < -0.4 is 24.8 Å². The van der Waals surface area contributed by atoms with Gasteiger partial charge in [0.25, 0.3) is 0 Å². The number of benzene rings is 2. The molecule has 5 atom stereocenters. The van der Waals surface area contributed by atoms with Gasteiger partial charge in [-0.3, -0.25) is 9.59 Å². The summed E-state index contributed by atoms with van der Waals surface area (Å²) in [6, 6.07) is 14.6. The van der Waals surface area contributed by atoms with Gasteiger partial charge in [-0.1, -0.05) is 48.9 Å². The number of carbonyl (C=O) groups is 3. The first kappa shape index (κ1) is 39.0. The zero-order valence-corrected chi connectivity index (χ0v) is 32.7. The predicted molar refractivity (Wildman–Crippen MR) is 208 cm³/mol. The lowest BCUT2D eigenvalue weighted by atomic mass is 10.1. The predicted octanol–water partition coefficient (Wildman–Crippen LogP) is 4.56. The smallest absolute Gasteiger partial charge is 0.408 e. The highest BCUT2D eigenvalue weighted by Crippen LogP contribution is 2.49. The number of fused-ring (bicyclic) bond motifs is 3. The fourth-order valence-electron chi connectivity index (χ4n) is 7.45. The van der Waals surface area contributed by atoms with Gasteiger partial charge in [0, 0.05) is 29.5 Å². The Labute approximate surface area is 326 Å². The van der Waals surface area contributed by atoms with Gasteiger partial charge in [0.2, 0.25) is 21.8 Å². The molecule has 1 saturated heterocycles. The Morgan fingerprint density at radius 2 is 1.82 bits per heavy atom. The molecule has 56 heavy (non-hydrogen) atoms. The van der Waals surface area contributed by atoms with Gasteiger partial charge in [-0.2, -0.15) is 4.72 Å². The van der Waals surface area contributed by atoms with E-state index in [2.05, 4.69) is 15.4 Å². The summed E-state index contributed by atoms with van der Waals surface area (Å²) in [4.78, 5) is 60.7. The number of nitrogens with zero attached hydrogens (tertiary/aromatic N) is 2. The number of sulfonamides is 1. The van der Waals surface area contributed by atoms with Crippen LogP contribution in [-0.4, -0.2) is 90.5 Å². The van der Waals surface area contributed by atoms with E-state index in [9.17, 15) is 27.6 Å². The number of ether oxygens (including phenoxy) is 3. The van der Waals surface area contributed by atoms with E-state index in [4.69, 9.17) is 19.2 Å². The average molecular weight is 786 g/mol. The molecule has 296 valence electrons. The van der Waals surface area contributed by atoms with Crippen molar-refractivity contribution in [2.45, 2.75) is 100 Å². The van der Waals surface area contributed by atoms with Crippen LogP contribution in [0.3, 0.4) is 0 Å². The van der Waals surface area contributed by atoms with Crippen molar-refractivity contribution in [2.75, 3.05) is 13.7 Å². The van der Waals surface area contributed by atoms with Gasteiger partial charge in [0.05, 0.1) is 41.6 Å². The van der Waals surface area contributed by atoms with Crippen LogP contribution in [0.4, 0.5) is 4.79 Å². The van der Waals surface area contributed by atoms with E-state index in [-0.39, 0.29) is 25.0 Å².